The second-order valence-electron chi connectivity index (χ2n) is 5.77. The topological polar surface area (TPSA) is 76.5 Å². The lowest BCUT2D eigenvalue weighted by Crippen LogP contribution is -2.13. The molecule has 3 aromatic heterocycles. The van der Waals surface area contributed by atoms with Gasteiger partial charge in [0.15, 0.2) is 5.82 Å². The predicted molar refractivity (Wildman–Crippen MR) is 93.5 cm³/mol. The van der Waals surface area contributed by atoms with Crippen molar-refractivity contribution in [3.8, 4) is 11.4 Å². The molecule has 6 nitrogen and oxygen atoms in total. The molecule has 0 aliphatic carbocycles. The van der Waals surface area contributed by atoms with Crippen LogP contribution in [0.5, 0.6) is 0 Å². The lowest BCUT2D eigenvalue weighted by molar-refractivity contribution is 0.832. The van der Waals surface area contributed by atoms with E-state index < -0.39 is 0 Å². The number of anilines is 1. The predicted octanol–water partition coefficient (Wildman–Crippen LogP) is 3.43. The highest BCUT2D eigenvalue weighted by atomic mass is 15.0. The van der Waals surface area contributed by atoms with E-state index in [1.54, 1.807) is 18.7 Å². The Morgan fingerprint density at radius 2 is 1.71 bits per heavy atom. The van der Waals surface area contributed by atoms with Gasteiger partial charge in [0.1, 0.15) is 12.1 Å². The standard InChI is InChI=1S/C18H20N6/c1-11-12(2)21-10-22-17(11)23-13(3)16-9-20-18(24-14(16)4)15-5-7-19-8-6-15/h5-10,13H,1-4H3,(H,21,22,23)/t13-/m0/s1. The van der Waals surface area contributed by atoms with E-state index in [2.05, 4.69) is 37.2 Å². The van der Waals surface area contributed by atoms with E-state index in [0.717, 1.165) is 33.9 Å². The maximum atomic E-state index is 4.63. The first kappa shape index (κ1) is 16.0. The molecule has 0 unspecified atom stereocenters. The summed E-state index contributed by atoms with van der Waals surface area (Å²) in [4.78, 5) is 21.7. The summed E-state index contributed by atoms with van der Waals surface area (Å²) < 4.78 is 0. The fourth-order valence-electron chi connectivity index (χ4n) is 2.51. The lowest BCUT2D eigenvalue weighted by atomic mass is 10.1. The van der Waals surface area contributed by atoms with E-state index in [-0.39, 0.29) is 6.04 Å². The molecule has 0 spiro atoms. The van der Waals surface area contributed by atoms with Gasteiger partial charge in [0.25, 0.3) is 0 Å². The van der Waals surface area contributed by atoms with Gasteiger partial charge >= 0.3 is 0 Å². The molecule has 0 aliphatic rings. The third-order valence-electron chi connectivity index (χ3n) is 4.11. The Balaban J connectivity index is 1.85. The Morgan fingerprint density at radius 1 is 0.958 bits per heavy atom. The molecule has 0 fully saturated rings. The molecule has 0 radical (unpaired) electrons. The molecule has 0 bridgehead atoms. The van der Waals surface area contributed by atoms with Gasteiger partial charge in [-0.25, -0.2) is 19.9 Å². The number of nitrogens with zero attached hydrogens (tertiary/aromatic N) is 5. The van der Waals surface area contributed by atoms with Gasteiger partial charge < -0.3 is 5.32 Å². The summed E-state index contributed by atoms with van der Waals surface area (Å²) in [5, 5.41) is 3.43. The monoisotopic (exact) mass is 320 g/mol. The third kappa shape index (κ3) is 3.22. The minimum Gasteiger partial charge on any atom is -0.363 e. The summed E-state index contributed by atoms with van der Waals surface area (Å²) in [6, 6.07) is 3.86. The molecule has 24 heavy (non-hydrogen) atoms. The Labute approximate surface area is 141 Å². The molecule has 6 heteroatoms. The minimum atomic E-state index is 0.0458. The summed E-state index contributed by atoms with van der Waals surface area (Å²) >= 11 is 0. The molecular formula is C18H20N6. The number of aryl methyl sites for hydroxylation is 2. The fourth-order valence-corrected chi connectivity index (χ4v) is 2.51. The smallest absolute Gasteiger partial charge is 0.159 e. The first-order valence-electron chi connectivity index (χ1n) is 7.85. The molecule has 0 aliphatic heterocycles. The number of aromatic nitrogens is 5. The van der Waals surface area contributed by atoms with Crippen molar-refractivity contribution in [1.82, 2.24) is 24.9 Å². The molecule has 0 saturated heterocycles. The van der Waals surface area contributed by atoms with E-state index in [0.29, 0.717) is 5.82 Å². The molecule has 1 N–H and O–H groups in total. The van der Waals surface area contributed by atoms with Crippen molar-refractivity contribution in [2.75, 3.05) is 5.32 Å². The van der Waals surface area contributed by atoms with Gasteiger partial charge in [0, 0.05) is 46.7 Å². The number of hydrogen-bond donors (Lipinski definition) is 1. The molecule has 122 valence electrons. The highest BCUT2D eigenvalue weighted by molar-refractivity contribution is 5.54. The van der Waals surface area contributed by atoms with Crippen molar-refractivity contribution in [2.45, 2.75) is 33.7 Å². The van der Waals surface area contributed by atoms with E-state index >= 15 is 0 Å². The Kier molecular flexibility index (Phi) is 4.46. The zero-order valence-corrected chi connectivity index (χ0v) is 14.3. The lowest BCUT2D eigenvalue weighted by Gasteiger charge is -2.18. The van der Waals surface area contributed by atoms with E-state index in [1.807, 2.05) is 39.1 Å². The van der Waals surface area contributed by atoms with Gasteiger partial charge in [-0.1, -0.05) is 0 Å². The number of nitrogens with one attached hydrogen (secondary N) is 1. The van der Waals surface area contributed by atoms with Crippen LogP contribution in [0.4, 0.5) is 5.82 Å². The molecule has 3 rings (SSSR count). The van der Waals surface area contributed by atoms with Crippen LogP contribution in [0.2, 0.25) is 0 Å². The van der Waals surface area contributed by atoms with Crippen LogP contribution in [0.1, 0.15) is 35.5 Å². The fraction of sp³-hybridized carbons (Fsp3) is 0.278. The second kappa shape index (κ2) is 6.70. The molecular weight excluding hydrogens is 300 g/mol. The largest absolute Gasteiger partial charge is 0.363 e. The second-order valence-corrected chi connectivity index (χ2v) is 5.77. The molecule has 0 saturated carbocycles. The van der Waals surface area contributed by atoms with Gasteiger partial charge in [-0.15, -0.1) is 0 Å². The average Bonchev–Trinajstić information content (AvgIpc) is 2.59. The van der Waals surface area contributed by atoms with Crippen LogP contribution in [0.25, 0.3) is 11.4 Å². The van der Waals surface area contributed by atoms with Crippen LogP contribution in [0, 0.1) is 20.8 Å². The highest BCUT2D eigenvalue weighted by Gasteiger charge is 2.14. The van der Waals surface area contributed by atoms with Crippen molar-refractivity contribution in [1.29, 1.82) is 0 Å². The molecule has 0 aromatic carbocycles. The van der Waals surface area contributed by atoms with Crippen LogP contribution in [-0.2, 0) is 0 Å². The van der Waals surface area contributed by atoms with Crippen LogP contribution in [0.15, 0.2) is 37.1 Å². The maximum Gasteiger partial charge on any atom is 0.159 e. The number of pyridine rings is 1. The first-order chi connectivity index (χ1) is 11.6. The zero-order chi connectivity index (χ0) is 17.1. The molecule has 0 amide bonds. The Morgan fingerprint density at radius 3 is 2.42 bits per heavy atom. The van der Waals surface area contributed by atoms with Gasteiger partial charge in [0.05, 0.1) is 6.04 Å². The summed E-state index contributed by atoms with van der Waals surface area (Å²) in [7, 11) is 0. The summed E-state index contributed by atoms with van der Waals surface area (Å²) in [6.07, 6.45) is 6.94. The maximum absolute atomic E-state index is 4.63. The summed E-state index contributed by atoms with van der Waals surface area (Å²) in [5.74, 6) is 1.55. The van der Waals surface area contributed by atoms with Crippen LogP contribution in [0.3, 0.4) is 0 Å². The number of hydrogen-bond acceptors (Lipinski definition) is 6. The zero-order valence-electron chi connectivity index (χ0n) is 14.3. The highest BCUT2D eigenvalue weighted by Crippen LogP contribution is 2.24. The van der Waals surface area contributed by atoms with Gasteiger partial charge in [-0.2, -0.15) is 0 Å². The van der Waals surface area contributed by atoms with Crippen LogP contribution >= 0.6 is 0 Å². The van der Waals surface area contributed by atoms with Crippen LogP contribution in [-0.4, -0.2) is 24.9 Å². The molecule has 3 aromatic rings. The van der Waals surface area contributed by atoms with Crippen LogP contribution < -0.4 is 5.32 Å². The normalized spacial score (nSPS) is 12.0. The quantitative estimate of drug-likeness (QED) is 0.793. The first-order valence-corrected chi connectivity index (χ1v) is 7.85. The minimum absolute atomic E-state index is 0.0458. The van der Waals surface area contributed by atoms with Crippen molar-refractivity contribution in [2.24, 2.45) is 0 Å². The third-order valence-corrected chi connectivity index (χ3v) is 4.11. The van der Waals surface area contributed by atoms with E-state index in [9.17, 15) is 0 Å². The number of rotatable bonds is 4. The van der Waals surface area contributed by atoms with Gasteiger partial charge in [-0.05, 0) is 39.8 Å². The SMILES string of the molecule is Cc1nc(-c2ccncc2)ncc1[C@H](C)Nc1ncnc(C)c1C. The average molecular weight is 320 g/mol. The summed E-state index contributed by atoms with van der Waals surface area (Å²) in [6.45, 7) is 8.07. The van der Waals surface area contributed by atoms with Crippen molar-refractivity contribution in [3.05, 3.63) is 59.6 Å². The van der Waals surface area contributed by atoms with Gasteiger partial charge in [-0.3, -0.25) is 4.98 Å². The molecule has 1 atom stereocenters. The van der Waals surface area contributed by atoms with Crippen molar-refractivity contribution in [3.63, 3.8) is 0 Å². The van der Waals surface area contributed by atoms with Crippen molar-refractivity contribution >= 4 is 5.82 Å². The Bertz CT molecular complexity index is 847. The van der Waals surface area contributed by atoms with Crippen molar-refractivity contribution < 1.29 is 0 Å². The molecule has 3 heterocycles. The summed E-state index contributed by atoms with van der Waals surface area (Å²) in [5.41, 5.74) is 4.98. The van der Waals surface area contributed by atoms with Gasteiger partial charge in [0.2, 0.25) is 0 Å². The van der Waals surface area contributed by atoms with E-state index in [1.165, 1.54) is 0 Å². The Hall–Kier alpha value is -2.89. The van der Waals surface area contributed by atoms with E-state index in [4.69, 9.17) is 0 Å².